The summed E-state index contributed by atoms with van der Waals surface area (Å²) in [4.78, 5) is 29.6. The van der Waals surface area contributed by atoms with Crippen molar-refractivity contribution in [2.75, 3.05) is 40.0 Å². The number of fused-ring (bicyclic) bond motifs is 1. The maximum atomic E-state index is 12.9. The largest absolute Gasteiger partial charge is 0.454 e. The molecule has 0 radical (unpaired) electrons. The van der Waals surface area contributed by atoms with Crippen LogP contribution in [0.15, 0.2) is 18.2 Å². The Morgan fingerprint density at radius 3 is 2.54 bits per heavy atom. The van der Waals surface area contributed by atoms with Crippen molar-refractivity contribution in [2.45, 2.75) is 39.2 Å². The molecule has 7 heteroatoms. The standard InChI is InChI=1S/C21H31N3O4/c1-15(2)12-17(21(26)24-10-8-23(3)9-11-24)22-20(25)7-5-16-4-6-18-19(13-16)28-14-27-18/h4,6,13,15,17H,5,7-12,14H2,1-3H3,(H,22,25). The van der Waals surface area contributed by atoms with Gasteiger partial charge < -0.3 is 24.6 Å². The minimum absolute atomic E-state index is 0.0400. The first kappa shape index (κ1) is 20.5. The highest BCUT2D eigenvalue weighted by molar-refractivity contribution is 5.87. The first-order valence-corrected chi connectivity index (χ1v) is 10.1. The Kier molecular flexibility index (Phi) is 6.78. The predicted molar refractivity (Wildman–Crippen MR) is 106 cm³/mol. The van der Waals surface area contributed by atoms with Crippen LogP contribution in [0.1, 0.15) is 32.3 Å². The second-order valence-electron chi connectivity index (χ2n) is 8.07. The highest BCUT2D eigenvalue weighted by Gasteiger charge is 2.28. The number of nitrogens with zero attached hydrogens (tertiary/aromatic N) is 2. The second kappa shape index (κ2) is 9.28. The third kappa shape index (κ3) is 5.38. The van der Waals surface area contributed by atoms with E-state index in [-0.39, 0.29) is 18.6 Å². The fourth-order valence-corrected chi connectivity index (χ4v) is 3.56. The number of amides is 2. The van der Waals surface area contributed by atoms with Crippen LogP contribution in [0.25, 0.3) is 0 Å². The van der Waals surface area contributed by atoms with E-state index in [1.807, 2.05) is 23.1 Å². The summed E-state index contributed by atoms with van der Waals surface area (Å²) in [6, 6.07) is 5.28. The zero-order valence-electron chi connectivity index (χ0n) is 17.1. The first-order chi connectivity index (χ1) is 13.4. The van der Waals surface area contributed by atoms with Gasteiger partial charge in [0.2, 0.25) is 18.6 Å². The van der Waals surface area contributed by atoms with Crippen molar-refractivity contribution in [3.05, 3.63) is 23.8 Å². The molecule has 3 rings (SSSR count). The topological polar surface area (TPSA) is 71.1 Å². The highest BCUT2D eigenvalue weighted by atomic mass is 16.7. The molecule has 1 fully saturated rings. The Labute approximate surface area is 167 Å². The van der Waals surface area contributed by atoms with E-state index < -0.39 is 6.04 Å². The number of rotatable bonds is 7. The van der Waals surface area contributed by atoms with Crippen molar-refractivity contribution in [3.8, 4) is 11.5 Å². The van der Waals surface area contributed by atoms with Gasteiger partial charge >= 0.3 is 0 Å². The number of hydrogen-bond donors (Lipinski definition) is 1. The molecule has 0 aromatic heterocycles. The van der Waals surface area contributed by atoms with E-state index in [0.717, 1.165) is 43.2 Å². The second-order valence-corrected chi connectivity index (χ2v) is 8.07. The van der Waals surface area contributed by atoms with Crippen molar-refractivity contribution in [2.24, 2.45) is 5.92 Å². The quantitative estimate of drug-likeness (QED) is 0.768. The fraction of sp³-hybridized carbons (Fsp3) is 0.619. The molecule has 1 N–H and O–H groups in total. The van der Waals surface area contributed by atoms with Crippen molar-refractivity contribution >= 4 is 11.8 Å². The van der Waals surface area contributed by atoms with Gasteiger partial charge in [-0.05, 0) is 43.5 Å². The van der Waals surface area contributed by atoms with E-state index in [0.29, 0.717) is 25.2 Å². The van der Waals surface area contributed by atoms with Crippen LogP contribution in [0.2, 0.25) is 0 Å². The van der Waals surface area contributed by atoms with E-state index in [1.165, 1.54) is 0 Å². The lowest BCUT2D eigenvalue weighted by Crippen LogP contribution is -2.54. The molecular formula is C21H31N3O4. The van der Waals surface area contributed by atoms with Gasteiger partial charge in [0.1, 0.15) is 6.04 Å². The van der Waals surface area contributed by atoms with E-state index in [1.54, 1.807) is 0 Å². The maximum Gasteiger partial charge on any atom is 0.245 e. The van der Waals surface area contributed by atoms with Gasteiger partial charge in [-0.3, -0.25) is 9.59 Å². The number of carbonyl (C=O) groups is 2. The molecule has 2 aliphatic heterocycles. The minimum atomic E-state index is -0.451. The van der Waals surface area contributed by atoms with Gasteiger partial charge in [0, 0.05) is 32.6 Å². The van der Waals surface area contributed by atoms with Crippen molar-refractivity contribution in [1.29, 1.82) is 0 Å². The van der Waals surface area contributed by atoms with Gasteiger partial charge in [-0.25, -0.2) is 0 Å². The van der Waals surface area contributed by atoms with Gasteiger partial charge in [-0.1, -0.05) is 19.9 Å². The summed E-state index contributed by atoms with van der Waals surface area (Å²) in [6.07, 6.45) is 1.59. The lowest BCUT2D eigenvalue weighted by Gasteiger charge is -2.35. The smallest absolute Gasteiger partial charge is 0.245 e. The van der Waals surface area contributed by atoms with Crippen LogP contribution < -0.4 is 14.8 Å². The Morgan fingerprint density at radius 1 is 1.11 bits per heavy atom. The van der Waals surface area contributed by atoms with E-state index >= 15 is 0 Å². The molecule has 2 heterocycles. The van der Waals surface area contributed by atoms with Crippen LogP contribution in [-0.2, 0) is 16.0 Å². The van der Waals surface area contributed by atoms with Crippen molar-refractivity contribution in [1.82, 2.24) is 15.1 Å². The van der Waals surface area contributed by atoms with Crippen molar-refractivity contribution in [3.63, 3.8) is 0 Å². The zero-order chi connectivity index (χ0) is 20.1. The SMILES string of the molecule is CC(C)CC(NC(=O)CCc1ccc2c(c1)OCO2)C(=O)N1CCN(C)CC1. The van der Waals surface area contributed by atoms with Crippen LogP contribution >= 0.6 is 0 Å². The van der Waals surface area contributed by atoms with Gasteiger partial charge in [0.05, 0.1) is 0 Å². The molecule has 1 unspecified atom stereocenters. The summed E-state index contributed by atoms with van der Waals surface area (Å²) in [5.74, 6) is 1.74. The summed E-state index contributed by atoms with van der Waals surface area (Å²) >= 11 is 0. The average Bonchev–Trinajstić information content (AvgIpc) is 3.13. The Hall–Kier alpha value is -2.28. The normalized spacial score (nSPS) is 17.6. The number of carbonyl (C=O) groups excluding carboxylic acids is 2. The number of nitrogens with one attached hydrogen (secondary N) is 1. The molecular weight excluding hydrogens is 358 g/mol. The molecule has 0 bridgehead atoms. The van der Waals surface area contributed by atoms with Crippen LogP contribution in [0.3, 0.4) is 0 Å². The van der Waals surface area contributed by atoms with Gasteiger partial charge in [-0.15, -0.1) is 0 Å². The molecule has 1 aromatic carbocycles. The van der Waals surface area contributed by atoms with Gasteiger partial charge in [-0.2, -0.15) is 0 Å². The third-order valence-corrected chi connectivity index (χ3v) is 5.23. The molecule has 0 aliphatic carbocycles. The molecule has 28 heavy (non-hydrogen) atoms. The maximum absolute atomic E-state index is 12.9. The number of benzene rings is 1. The lowest BCUT2D eigenvalue weighted by atomic mass is 10.0. The third-order valence-electron chi connectivity index (χ3n) is 5.23. The number of hydrogen-bond acceptors (Lipinski definition) is 5. The molecule has 1 saturated heterocycles. The number of piperazine rings is 1. The lowest BCUT2D eigenvalue weighted by molar-refractivity contribution is -0.138. The van der Waals surface area contributed by atoms with Gasteiger partial charge in [0.15, 0.2) is 11.5 Å². The summed E-state index contributed by atoms with van der Waals surface area (Å²) in [7, 11) is 2.06. The zero-order valence-corrected chi connectivity index (χ0v) is 17.1. The summed E-state index contributed by atoms with van der Waals surface area (Å²) in [6.45, 7) is 7.57. The molecule has 1 atom stereocenters. The minimum Gasteiger partial charge on any atom is -0.454 e. The molecule has 0 saturated carbocycles. The predicted octanol–water partition coefficient (Wildman–Crippen LogP) is 1.65. The van der Waals surface area contributed by atoms with Crippen LogP contribution in [0, 0.1) is 5.92 Å². The van der Waals surface area contributed by atoms with Crippen LogP contribution in [-0.4, -0.2) is 67.7 Å². The Morgan fingerprint density at radius 2 is 1.82 bits per heavy atom. The summed E-state index contributed by atoms with van der Waals surface area (Å²) in [5.41, 5.74) is 1.02. The Balaban J connectivity index is 1.54. The van der Waals surface area contributed by atoms with Crippen molar-refractivity contribution < 1.29 is 19.1 Å². The molecule has 0 spiro atoms. The van der Waals surface area contributed by atoms with Gasteiger partial charge in [0.25, 0.3) is 0 Å². The number of aryl methyl sites for hydroxylation is 1. The van der Waals surface area contributed by atoms with E-state index in [2.05, 4.69) is 31.1 Å². The van der Waals surface area contributed by atoms with Crippen LogP contribution in [0.4, 0.5) is 0 Å². The van der Waals surface area contributed by atoms with Crippen LogP contribution in [0.5, 0.6) is 11.5 Å². The van der Waals surface area contributed by atoms with E-state index in [9.17, 15) is 9.59 Å². The molecule has 154 valence electrons. The summed E-state index contributed by atoms with van der Waals surface area (Å²) < 4.78 is 10.7. The molecule has 7 nitrogen and oxygen atoms in total. The Bertz CT molecular complexity index is 699. The first-order valence-electron chi connectivity index (χ1n) is 10.1. The number of ether oxygens (including phenoxy) is 2. The number of likely N-dealkylation sites (N-methyl/N-ethyl adjacent to an activating group) is 1. The highest BCUT2D eigenvalue weighted by Crippen LogP contribution is 2.32. The average molecular weight is 389 g/mol. The van der Waals surface area contributed by atoms with E-state index in [4.69, 9.17) is 9.47 Å². The molecule has 2 amide bonds. The molecule has 2 aliphatic rings. The molecule has 1 aromatic rings. The summed E-state index contributed by atoms with van der Waals surface area (Å²) in [5, 5.41) is 2.98. The fourth-order valence-electron chi connectivity index (χ4n) is 3.56. The monoisotopic (exact) mass is 389 g/mol.